The van der Waals surface area contributed by atoms with Crippen LogP contribution in [0.15, 0.2) is 18.5 Å². The Hall–Kier alpha value is -1.29. The minimum Gasteiger partial charge on any atom is -0.387 e. The number of pyridine rings is 1. The van der Waals surface area contributed by atoms with Crippen molar-refractivity contribution in [2.24, 2.45) is 5.92 Å². The molecule has 2 rings (SSSR count). The predicted molar refractivity (Wildman–Crippen MR) is 77.1 cm³/mol. The van der Waals surface area contributed by atoms with E-state index in [0.29, 0.717) is 0 Å². The van der Waals surface area contributed by atoms with E-state index in [1.165, 1.54) is 32.5 Å². The first-order valence-corrected chi connectivity index (χ1v) is 6.91. The predicted octanol–water partition coefficient (Wildman–Crippen LogP) is 2.27. The summed E-state index contributed by atoms with van der Waals surface area (Å²) in [6.45, 7) is 6.99. The molecule has 1 aliphatic heterocycles. The zero-order valence-corrected chi connectivity index (χ0v) is 11.4. The van der Waals surface area contributed by atoms with Crippen molar-refractivity contribution in [1.82, 2.24) is 9.88 Å². The molecule has 0 aliphatic carbocycles. The van der Waals surface area contributed by atoms with Gasteiger partial charge in [-0.15, -0.1) is 0 Å². The fourth-order valence-electron chi connectivity index (χ4n) is 2.44. The molecule has 0 radical (unpaired) electrons. The molecule has 1 aromatic heterocycles. The van der Waals surface area contributed by atoms with E-state index in [1.54, 1.807) is 0 Å². The maximum absolute atomic E-state index is 4.21. The quantitative estimate of drug-likeness (QED) is 0.838. The van der Waals surface area contributed by atoms with Gasteiger partial charge in [-0.2, -0.15) is 0 Å². The van der Waals surface area contributed by atoms with Gasteiger partial charge in [-0.3, -0.25) is 4.98 Å². The van der Waals surface area contributed by atoms with E-state index in [0.717, 1.165) is 23.8 Å². The van der Waals surface area contributed by atoms with E-state index in [1.807, 2.05) is 19.4 Å². The summed E-state index contributed by atoms with van der Waals surface area (Å²) < 4.78 is 0. The number of hydrogen-bond acceptors (Lipinski definition) is 4. The van der Waals surface area contributed by atoms with E-state index in [2.05, 4.69) is 33.5 Å². The Kier molecular flexibility index (Phi) is 4.81. The third-order valence-corrected chi connectivity index (χ3v) is 3.78. The second-order valence-corrected chi connectivity index (χ2v) is 4.97. The van der Waals surface area contributed by atoms with Crippen molar-refractivity contribution in [2.75, 3.05) is 43.9 Å². The molecule has 0 aromatic carbocycles. The summed E-state index contributed by atoms with van der Waals surface area (Å²) in [6, 6.07) is 2.11. The largest absolute Gasteiger partial charge is 0.387 e. The molecule has 0 unspecified atom stereocenters. The molecule has 2 N–H and O–H groups in total. The third kappa shape index (κ3) is 3.60. The molecular formula is C14H24N4. The van der Waals surface area contributed by atoms with Crippen molar-refractivity contribution >= 4 is 11.4 Å². The summed E-state index contributed by atoms with van der Waals surface area (Å²) in [5.74, 6) is 0.797. The van der Waals surface area contributed by atoms with Crippen LogP contribution in [0.3, 0.4) is 0 Å². The number of aromatic nitrogens is 1. The Bertz CT molecular complexity index is 359. The second-order valence-electron chi connectivity index (χ2n) is 4.97. The van der Waals surface area contributed by atoms with Crippen LogP contribution in [-0.4, -0.2) is 43.1 Å². The Morgan fingerprint density at radius 2 is 2.00 bits per heavy atom. The lowest BCUT2D eigenvalue weighted by Gasteiger charge is -2.31. The van der Waals surface area contributed by atoms with Gasteiger partial charge in [-0.05, 0) is 44.5 Å². The minimum absolute atomic E-state index is 0.797. The fraction of sp³-hybridized carbons (Fsp3) is 0.643. The SMILES string of the molecule is CCN1CCC(CNc2cncc(NC)c2)CC1. The highest BCUT2D eigenvalue weighted by molar-refractivity contribution is 5.53. The Morgan fingerprint density at radius 1 is 1.28 bits per heavy atom. The summed E-state index contributed by atoms with van der Waals surface area (Å²) in [5, 5.41) is 6.61. The number of rotatable bonds is 5. The van der Waals surface area contributed by atoms with Crippen LogP contribution >= 0.6 is 0 Å². The molecule has 2 heterocycles. The molecule has 4 nitrogen and oxygen atoms in total. The lowest BCUT2D eigenvalue weighted by atomic mass is 9.97. The molecular weight excluding hydrogens is 224 g/mol. The number of anilines is 2. The smallest absolute Gasteiger partial charge is 0.0547 e. The van der Waals surface area contributed by atoms with Crippen LogP contribution in [0.1, 0.15) is 19.8 Å². The highest BCUT2D eigenvalue weighted by atomic mass is 15.1. The van der Waals surface area contributed by atoms with Gasteiger partial charge in [0.15, 0.2) is 0 Å². The van der Waals surface area contributed by atoms with Gasteiger partial charge in [0, 0.05) is 13.6 Å². The maximum atomic E-state index is 4.21. The van der Waals surface area contributed by atoms with E-state index >= 15 is 0 Å². The zero-order valence-electron chi connectivity index (χ0n) is 11.4. The average Bonchev–Trinajstić information content (AvgIpc) is 2.46. The number of likely N-dealkylation sites (tertiary alicyclic amines) is 1. The highest BCUT2D eigenvalue weighted by Crippen LogP contribution is 2.18. The molecule has 1 fully saturated rings. The molecule has 0 atom stereocenters. The molecule has 0 bridgehead atoms. The highest BCUT2D eigenvalue weighted by Gasteiger charge is 2.17. The van der Waals surface area contributed by atoms with Gasteiger partial charge >= 0.3 is 0 Å². The van der Waals surface area contributed by atoms with Crippen LogP contribution in [0.5, 0.6) is 0 Å². The molecule has 1 aromatic rings. The number of nitrogens with one attached hydrogen (secondary N) is 2. The van der Waals surface area contributed by atoms with Crippen LogP contribution in [0.25, 0.3) is 0 Å². The molecule has 18 heavy (non-hydrogen) atoms. The van der Waals surface area contributed by atoms with Crippen LogP contribution in [0, 0.1) is 5.92 Å². The van der Waals surface area contributed by atoms with E-state index in [-0.39, 0.29) is 0 Å². The van der Waals surface area contributed by atoms with E-state index in [4.69, 9.17) is 0 Å². The number of nitrogens with zero attached hydrogens (tertiary/aromatic N) is 2. The van der Waals surface area contributed by atoms with Crippen molar-refractivity contribution < 1.29 is 0 Å². The third-order valence-electron chi connectivity index (χ3n) is 3.78. The molecule has 0 spiro atoms. The Morgan fingerprint density at radius 3 is 2.67 bits per heavy atom. The van der Waals surface area contributed by atoms with Crippen molar-refractivity contribution in [1.29, 1.82) is 0 Å². The van der Waals surface area contributed by atoms with Gasteiger partial charge in [0.1, 0.15) is 0 Å². The van der Waals surface area contributed by atoms with Crippen LogP contribution in [0.4, 0.5) is 11.4 Å². The first-order valence-electron chi connectivity index (χ1n) is 6.91. The summed E-state index contributed by atoms with van der Waals surface area (Å²) in [7, 11) is 1.92. The van der Waals surface area contributed by atoms with Gasteiger partial charge in [0.25, 0.3) is 0 Å². The summed E-state index contributed by atoms with van der Waals surface area (Å²) in [5.41, 5.74) is 2.17. The molecule has 1 aliphatic rings. The zero-order chi connectivity index (χ0) is 12.8. The lowest BCUT2D eigenvalue weighted by Crippen LogP contribution is -2.35. The topological polar surface area (TPSA) is 40.2 Å². The molecule has 4 heteroatoms. The average molecular weight is 248 g/mol. The van der Waals surface area contributed by atoms with Crippen LogP contribution < -0.4 is 10.6 Å². The fourth-order valence-corrected chi connectivity index (χ4v) is 2.44. The standard InChI is InChI=1S/C14H24N4/c1-3-18-6-4-12(5-7-18)9-17-14-8-13(15-2)10-16-11-14/h8,10-12,15,17H,3-7,9H2,1-2H3. The van der Waals surface area contributed by atoms with E-state index in [9.17, 15) is 0 Å². The van der Waals surface area contributed by atoms with Crippen molar-refractivity contribution in [3.63, 3.8) is 0 Å². The number of hydrogen-bond donors (Lipinski definition) is 2. The first kappa shape index (κ1) is 13.1. The molecule has 100 valence electrons. The molecule has 1 saturated heterocycles. The van der Waals surface area contributed by atoms with Crippen LogP contribution in [0.2, 0.25) is 0 Å². The summed E-state index contributed by atoms with van der Waals surface area (Å²) >= 11 is 0. The normalized spacial score (nSPS) is 17.7. The maximum Gasteiger partial charge on any atom is 0.0547 e. The molecule has 0 saturated carbocycles. The number of piperidine rings is 1. The van der Waals surface area contributed by atoms with E-state index < -0.39 is 0 Å². The van der Waals surface area contributed by atoms with Gasteiger partial charge in [-0.25, -0.2) is 0 Å². The van der Waals surface area contributed by atoms with Crippen molar-refractivity contribution in [3.8, 4) is 0 Å². The lowest BCUT2D eigenvalue weighted by molar-refractivity contribution is 0.198. The van der Waals surface area contributed by atoms with Gasteiger partial charge in [-0.1, -0.05) is 6.92 Å². The van der Waals surface area contributed by atoms with Crippen molar-refractivity contribution in [3.05, 3.63) is 18.5 Å². The first-order chi connectivity index (χ1) is 8.81. The van der Waals surface area contributed by atoms with Gasteiger partial charge in [0.2, 0.25) is 0 Å². The second kappa shape index (κ2) is 6.59. The molecule has 0 amide bonds. The summed E-state index contributed by atoms with van der Waals surface area (Å²) in [4.78, 5) is 6.74. The minimum atomic E-state index is 0.797. The van der Waals surface area contributed by atoms with Gasteiger partial charge < -0.3 is 15.5 Å². The van der Waals surface area contributed by atoms with Gasteiger partial charge in [0.05, 0.1) is 23.8 Å². The Labute approximate surface area is 110 Å². The Balaban J connectivity index is 1.77. The van der Waals surface area contributed by atoms with Crippen molar-refractivity contribution in [2.45, 2.75) is 19.8 Å². The monoisotopic (exact) mass is 248 g/mol. The van der Waals surface area contributed by atoms with Crippen LogP contribution in [-0.2, 0) is 0 Å². The summed E-state index contributed by atoms with van der Waals surface area (Å²) in [6.07, 6.45) is 6.34.